The molecule has 0 aromatic heterocycles. The maximum Gasteiger partial charge on any atom is 0.0471 e. The van der Waals surface area contributed by atoms with Gasteiger partial charge in [-0.2, -0.15) is 0 Å². The Bertz CT molecular complexity index is 440. The van der Waals surface area contributed by atoms with Crippen molar-refractivity contribution >= 4 is 5.69 Å². The van der Waals surface area contributed by atoms with Gasteiger partial charge in [0.25, 0.3) is 0 Å². The van der Waals surface area contributed by atoms with E-state index in [1.165, 1.54) is 30.5 Å². The lowest BCUT2D eigenvalue weighted by atomic mass is 9.82. The number of nitrogens with one attached hydrogen (secondary N) is 2. The average molecular weight is 274 g/mol. The molecule has 0 spiro atoms. The summed E-state index contributed by atoms with van der Waals surface area (Å²) < 4.78 is 5.46. The van der Waals surface area contributed by atoms with Crippen LogP contribution in [-0.4, -0.2) is 32.8 Å². The molecule has 2 N–H and O–H groups in total. The van der Waals surface area contributed by atoms with Gasteiger partial charge in [0.05, 0.1) is 0 Å². The minimum Gasteiger partial charge on any atom is -0.384 e. The van der Waals surface area contributed by atoms with E-state index in [1.807, 2.05) is 0 Å². The van der Waals surface area contributed by atoms with Crippen LogP contribution in [-0.2, 0) is 11.2 Å². The summed E-state index contributed by atoms with van der Waals surface area (Å²) in [6.45, 7) is 7.56. The summed E-state index contributed by atoms with van der Waals surface area (Å²) in [5.74, 6) is 0.702. The minimum absolute atomic E-state index is 0.429. The first kappa shape index (κ1) is 13.9. The van der Waals surface area contributed by atoms with Crippen molar-refractivity contribution in [2.75, 3.05) is 38.2 Å². The number of para-hydroxylation sites is 1. The van der Waals surface area contributed by atoms with Crippen molar-refractivity contribution in [1.82, 2.24) is 5.32 Å². The van der Waals surface area contributed by atoms with Crippen molar-refractivity contribution in [2.45, 2.75) is 26.2 Å². The Morgan fingerprint density at radius 3 is 2.95 bits per heavy atom. The summed E-state index contributed by atoms with van der Waals surface area (Å²) in [7, 11) is 0. The van der Waals surface area contributed by atoms with Crippen LogP contribution in [0.2, 0.25) is 0 Å². The SMILES string of the molecule is CC1(CNCC2CNc3ccccc3C2)CCOCC1. The summed E-state index contributed by atoms with van der Waals surface area (Å²) in [5, 5.41) is 7.25. The number of ether oxygens (including phenoxy) is 1. The van der Waals surface area contributed by atoms with E-state index in [0.29, 0.717) is 11.3 Å². The van der Waals surface area contributed by atoms with Crippen LogP contribution in [0.5, 0.6) is 0 Å². The predicted octanol–water partition coefficient (Wildman–Crippen LogP) is 2.68. The van der Waals surface area contributed by atoms with Gasteiger partial charge in [-0.1, -0.05) is 25.1 Å². The van der Waals surface area contributed by atoms with E-state index in [4.69, 9.17) is 4.74 Å². The molecular formula is C17H26N2O. The van der Waals surface area contributed by atoms with Crippen molar-refractivity contribution in [3.63, 3.8) is 0 Å². The monoisotopic (exact) mass is 274 g/mol. The highest BCUT2D eigenvalue weighted by Gasteiger charge is 2.27. The Labute approximate surface area is 122 Å². The quantitative estimate of drug-likeness (QED) is 0.885. The van der Waals surface area contributed by atoms with Crippen LogP contribution in [0.1, 0.15) is 25.3 Å². The second-order valence-corrected chi connectivity index (χ2v) is 6.66. The number of fused-ring (bicyclic) bond motifs is 1. The fourth-order valence-corrected chi connectivity index (χ4v) is 3.27. The molecule has 0 amide bonds. The van der Waals surface area contributed by atoms with Crippen LogP contribution in [0, 0.1) is 11.3 Å². The molecule has 1 aromatic rings. The topological polar surface area (TPSA) is 33.3 Å². The smallest absolute Gasteiger partial charge is 0.0471 e. The highest BCUT2D eigenvalue weighted by Crippen LogP contribution is 2.29. The molecule has 20 heavy (non-hydrogen) atoms. The third-order valence-electron chi connectivity index (χ3n) is 4.79. The maximum atomic E-state index is 5.46. The Morgan fingerprint density at radius 1 is 1.30 bits per heavy atom. The average Bonchev–Trinajstić information content (AvgIpc) is 2.48. The molecule has 1 fully saturated rings. The lowest BCUT2D eigenvalue weighted by Crippen LogP contribution is -2.40. The van der Waals surface area contributed by atoms with Crippen LogP contribution < -0.4 is 10.6 Å². The Balaban J connectivity index is 1.46. The summed E-state index contributed by atoms with van der Waals surface area (Å²) in [4.78, 5) is 0. The number of anilines is 1. The molecule has 0 aliphatic carbocycles. The molecular weight excluding hydrogens is 248 g/mol. The Kier molecular flexibility index (Phi) is 4.27. The predicted molar refractivity (Wildman–Crippen MR) is 83.2 cm³/mol. The van der Waals surface area contributed by atoms with Crippen molar-refractivity contribution in [1.29, 1.82) is 0 Å². The lowest BCUT2D eigenvalue weighted by molar-refractivity contribution is 0.0238. The van der Waals surface area contributed by atoms with E-state index in [-0.39, 0.29) is 0 Å². The van der Waals surface area contributed by atoms with Gasteiger partial charge in [-0.15, -0.1) is 0 Å². The molecule has 1 aromatic carbocycles. The molecule has 1 atom stereocenters. The molecule has 110 valence electrons. The van der Waals surface area contributed by atoms with E-state index in [1.54, 1.807) is 0 Å². The largest absolute Gasteiger partial charge is 0.384 e. The number of rotatable bonds is 4. The van der Waals surface area contributed by atoms with Gasteiger partial charge >= 0.3 is 0 Å². The van der Waals surface area contributed by atoms with Crippen LogP contribution in [0.25, 0.3) is 0 Å². The van der Waals surface area contributed by atoms with Gasteiger partial charge in [0.15, 0.2) is 0 Å². The molecule has 2 aliphatic rings. The summed E-state index contributed by atoms with van der Waals surface area (Å²) in [6.07, 6.45) is 3.56. The van der Waals surface area contributed by atoms with Crippen LogP contribution in [0.15, 0.2) is 24.3 Å². The van der Waals surface area contributed by atoms with Gasteiger partial charge in [0.1, 0.15) is 0 Å². The number of hydrogen-bond acceptors (Lipinski definition) is 3. The zero-order valence-electron chi connectivity index (χ0n) is 12.5. The Morgan fingerprint density at radius 2 is 2.10 bits per heavy atom. The van der Waals surface area contributed by atoms with Crippen molar-refractivity contribution in [3.8, 4) is 0 Å². The van der Waals surface area contributed by atoms with Gasteiger partial charge < -0.3 is 15.4 Å². The number of benzene rings is 1. The third-order valence-corrected chi connectivity index (χ3v) is 4.79. The lowest BCUT2D eigenvalue weighted by Gasteiger charge is -2.34. The standard InChI is InChI=1S/C17H26N2O/c1-17(6-8-20-9-7-17)13-18-11-14-10-15-4-2-3-5-16(15)19-12-14/h2-5,14,18-19H,6-13H2,1H3. The first-order valence-corrected chi connectivity index (χ1v) is 7.85. The van der Waals surface area contributed by atoms with E-state index in [9.17, 15) is 0 Å². The summed E-state index contributed by atoms with van der Waals surface area (Å²) in [6, 6.07) is 8.67. The highest BCUT2D eigenvalue weighted by atomic mass is 16.5. The first-order chi connectivity index (χ1) is 9.75. The van der Waals surface area contributed by atoms with E-state index in [0.717, 1.165) is 32.8 Å². The fraction of sp³-hybridized carbons (Fsp3) is 0.647. The minimum atomic E-state index is 0.429. The van der Waals surface area contributed by atoms with E-state index < -0.39 is 0 Å². The van der Waals surface area contributed by atoms with Gasteiger partial charge in [-0.3, -0.25) is 0 Å². The van der Waals surface area contributed by atoms with Gasteiger partial charge in [-0.05, 0) is 48.8 Å². The molecule has 1 unspecified atom stereocenters. The van der Waals surface area contributed by atoms with Gasteiger partial charge in [0, 0.05) is 32.0 Å². The molecule has 2 heterocycles. The molecule has 3 nitrogen and oxygen atoms in total. The number of hydrogen-bond donors (Lipinski definition) is 2. The zero-order chi connectivity index (χ0) is 13.8. The molecule has 0 radical (unpaired) electrons. The molecule has 3 heteroatoms. The maximum absolute atomic E-state index is 5.46. The molecule has 0 saturated carbocycles. The van der Waals surface area contributed by atoms with Crippen LogP contribution in [0.3, 0.4) is 0 Å². The van der Waals surface area contributed by atoms with Crippen molar-refractivity contribution in [3.05, 3.63) is 29.8 Å². The molecule has 3 rings (SSSR count). The summed E-state index contributed by atoms with van der Waals surface area (Å²) >= 11 is 0. The van der Waals surface area contributed by atoms with Crippen LogP contribution in [0.4, 0.5) is 5.69 Å². The van der Waals surface area contributed by atoms with Gasteiger partial charge in [-0.25, -0.2) is 0 Å². The van der Waals surface area contributed by atoms with Crippen molar-refractivity contribution < 1.29 is 4.74 Å². The van der Waals surface area contributed by atoms with E-state index >= 15 is 0 Å². The second kappa shape index (κ2) is 6.15. The molecule has 1 saturated heterocycles. The summed E-state index contributed by atoms with van der Waals surface area (Å²) in [5.41, 5.74) is 3.21. The fourth-order valence-electron chi connectivity index (χ4n) is 3.27. The first-order valence-electron chi connectivity index (χ1n) is 7.85. The zero-order valence-corrected chi connectivity index (χ0v) is 12.5. The highest BCUT2D eigenvalue weighted by molar-refractivity contribution is 5.53. The van der Waals surface area contributed by atoms with E-state index in [2.05, 4.69) is 41.8 Å². The van der Waals surface area contributed by atoms with Crippen molar-refractivity contribution in [2.24, 2.45) is 11.3 Å². The van der Waals surface area contributed by atoms with Crippen LogP contribution >= 0.6 is 0 Å². The van der Waals surface area contributed by atoms with Gasteiger partial charge in [0.2, 0.25) is 0 Å². The third kappa shape index (κ3) is 3.33. The molecule has 2 aliphatic heterocycles. The molecule has 0 bridgehead atoms. The normalized spacial score (nSPS) is 24.8. The Hall–Kier alpha value is -1.06. The second-order valence-electron chi connectivity index (χ2n) is 6.66.